The first kappa shape index (κ1) is 25.7. The van der Waals surface area contributed by atoms with Gasteiger partial charge >= 0.3 is 8.80 Å². The maximum absolute atomic E-state index is 6.73. The van der Waals surface area contributed by atoms with Gasteiger partial charge in [0, 0.05) is 6.04 Å². The molecule has 0 bridgehead atoms. The highest BCUT2D eigenvalue weighted by molar-refractivity contribution is 6.90. The topological polar surface area (TPSA) is 27.7 Å². The molecule has 152 valence electrons. The van der Waals surface area contributed by atoms with Gasteiger partial charge in [-0.05, 0) is 65.3 Å². The first-order valence-corrected chi connectivity index (χ1v) is 22.4. The molecule has 0 saturated carbocycles. The minimum absolute atomic E-state index is 1.000. The lowest BCUT2D eigenvalue weighted by molar-refractivity contribution is 0.250. The highest BCUT2D eigenvalue weighted by atomic mass is 28.5. The Morgan fingerprint density at radius 1 is 0.480 bits per heavy atom. The van der Waals surface area contributed by atoms with Crippen molar-refractivity contribution in [3.63, 3.8) is 0 Å². The van der Waals surface area contributed by atoms with Gasteiger partial charge in [-0.1, -0.05) is 45.4 Å². The molecule has 0 spiro atoms. The number of hydrogen-bond donors (Lipinski definition) is 0. The number of hydrogen-bond acceptors (Lipinski definition) is 3. The highest BCUT2D eigenvalue weighted by Crippen LogP contribution is 2.30. The van der Waals surface area contributed by atoms with E-state index in [0.29, 0.717) is 0 Å². The molecule has 0 unspecified atom stereocenters. The van der Waals surface area contributed by atoms with E-state index in [0.717, 1.165) is 6.04 Å². The molecule has 0 radical (unpaired) electrons. The van der Waals surface area contributed by atoms with Crippen molar-refractivity contribution in [1.29, 1.82) is 0 Å². The van der Waals surface area contributed by atoms with Crippen molar-refractivity contribution in [2.45, 2.75) is 117 Å². The Hall–Kier alpha value is 0.748. The molecule has 0 atom stereocenters. The van der Waals surface area contributed by atoms with Gasteiger partial charge in [-0.15, -0.1) is 0 Å². The Labute approximate surface area is 163 Å². The quantitative estimate of drug-likeness (QED) is 0.218. The molecule has 0 aromatic carbocycles. The molecule has 0 aromatic rings. The molecule has 25 heavy (non-hydrogen) atoms. The third-order valence-corrected chi connectivity index (χ3v) is 15.5. The Kier molecular flexibility index (Phi) is 11.2. The van der Waals surface area contributed by atoms with Crippen LogP contribution in [0.15, 0.2) is 0 Å². The van der Waals surface area contributed by atoms with Crippen LogP contribution in [-0.4, -0.2) is 33.8 Å². The zero-order chi connectivity index (χ0) is 19.8. The van der Waals surface area contributed by atoms with E-state index in [1.807, 2.05) is 0 Å². The van der Waals surface area contributed by atoms with Crippen LogP contribution in [0.1, 0.15) is 51.9 Å². The highest BCUT2D eigenvalue weighted by Gasteiger charge is 2.49. The second kappa shape index (κ2) is 10.9. The number of rotatable bonds is 14. The van der Waals surface area contributed by atoms with Crippen LogP contribution in [0.5, 0.6) is 0 Å². The molecule has 0 saturated heterocycles. The van der Waals surface area contributed by atoms with Crippen LogP contribution < -0.4 is 0 Å². The minimum Gasteiger partial charge on any atom is -0.417 e. The molecule has 0 aliphatic carbocycles. The van der Waals surface area contributed by atoms with Gasteiger partial charge in [0.05, 0.1) is 0 Å². The third kappa shape index (κ3) is 15.5. The van der Waals surface area contributed by atoms with Gasteiger partial charge in [0.25, 0.3) is 0 Å². The summed E-state index contributed by atoms with van der Waals surface area (Å²) in [5.74, 6) is 0. The zero-order valence-electron chi connectivity index (χ0n) is 18.9. The van der Waals surface area contributed by atoms with E-state index < -0.39 is 33.8 Å². The Balaban J connectivity index is 4.99. The monoisotopic (exact) mass is 422 g/mol. The summed E-state index contributed by atoms with van der Waals surface area (Å²) >= 11 is 0. The summed E-state index contributed by atoms with van der Waals surface area (Å²) in [4.78, 5) is 0. The third-order valence-electron chi connectivity index (χ3n) is 3.47. The van der Waals surface area contributed by atoms with E-state index >= 15 is 0 Å². The summed E-state index contributed by atoms with van der Waals surface area (Å²) in [6, 6.07) is 1.000. The van der Waals surface area contributed by atoms with Gasteiger partial charge in [-0.3, -0.25) is 0 Å². The average Bonchev–Trinajstić information content (AvgIpc) is 2.31. The van der Waals surface area contributed by atoms with Crippen LogP contribution >= 0.6 is 0 Å². The van der Waals surface area contributed by atoms with E-state index in [-0.39, 0.29) is 0 Å². The van der Waals surface area contributed by atoms with Crippen LogP contribution in [0.25, 0.3) is 0 Å². The zero-order valence-corrected chi connectivity index (χ0v) is 22.9. The molecule has 0 amide bonds. The molecule has 0 aromatic heterocycles. The van der Waals surface area contributed by atoms with E-state index in [4.69, 9.17) is 12.3 Å². The van der Waals surface area contributed by atoms with Gasteiger partial charge in [0.15, 0.2) is 25.0 Å². The second-order valence-corrected chi connectivity index (χ2v) is 27.2. The van der Waals surface area contributed by atoms with Crippen molar-refractivity contribution >= 4 is 33.8 Å². The van der Waals surface area contributed by atoms with Gasteiger partial charge in [0.2, 0.25) is 0 Å². The van der Waals surface area contributed by atoms with Crippen molar-refractivity contribution in [3.8, 4) is 0 Å². The number of unbranched alkanes of at least 4 members (excludes halogenated alkanes) is 6. The minimum atomic E-state index is -2.59. The van der Waals surface area contributed by atoms with Crippen LogP contribution in [0, 0.1) is 0 Å². The molecule has 3 nitrogen and oxygen atoms in total. The predicted molar refractivity (Wildman–Crippen MR) is 122 cm³/mol. The lowest BCUT2D eigenvalue weighted by atomic mass is 10.1. The smallest absolute Gasteiger partial charge is 0.417 e. The van der Waals surface area contributed by atoms with Gasteiger partial charge < -0.3 is 12.3 Å². The summed E-state index contributed by atoms with van der Waals surface area (Å²) < 4.78 is 20.2. The fourth-order valence-electron chi connectivity index (χ4n) is 2.91. The lowest BCUT2D eigenvalue weighted by Crippen LogP contribution is -2.60. The standard InChI is InChI=1S/C18H46O3Si4/c1-11-12-13-14-15-16-17-18-25(19-22(2,3)4,20-23(5,6)7)21-24(8,9)10/h11-18H2,1-10H3. The summed E-state index contributed by atoms with van der Waals surface area (Å²) in [7, 11) is -7.76. The SMILES string of the molecule is CCCCCCCCC[Si](O[Si](C)(C)C)(O[Si](C)(C)C)O[Si](C)(C)C. The largest absolute Gasteiger partial charge is 0.469 e. The summed E-state index contributed by atoms with van der Waals surface area (Å²) in [6.45, 7) is 22.7. The second-order valence-electron chi connectivity index (χ2n) is 10.2. The Morgan fingerprint density at radius 3 is 1.12 bits per heavy atom. The van der Waals surface area contributed by atoms with Crippen molar-refractivity contribution in [2.24, 2.45) is 0 Å². The van der Waals surface area contributed by atoms with Crippen LogP contribution in [-0.2, 0) is 12.3 Å². The van der Waals surface area contributed by atoms with Crippen LogP contribution in [0.2, 0.25) is 65.0 Å². The first-order chi connectivity index (χ1) is 11.2. The van der Waals surface area contributed by atoms with Crippen LogP contribution in [0.3, 0.4) is 0 Å². The maximum Gasteiger partial charge on any atom is 0.469 e. The van der Waals surface area contributed by atoms with E-state index in [1.54, 1.807) is 0 Å². The molecule has 0 N–H and O–H groups in total. The van der Waals surface area contributed by atoms with E-state index in [1.165, 1.54) is 44.9 Å². The molecular formula is C18H46O3Si4. The van der Waals surface area contributed by atoms with E-state index in [9.17, 15) is 0 Å². The van der Waals surface area contributed by atoms with Gasteiger partial charge in [0.1, 0.15) is 0 Å². The molecule has 7 heteroatoms. The Morgan fingerprint density at radius 2 is 0.800 bits per heavy atom. The fourth-order valence-corrected chi connectivity index (χ4v) is 17.6. The molecule has 0 aliphatic heterocycles. The van der Waals surface area contributed by atoms with Crippen molar-refractivity contribution in [2.75, 3.05) is 0 Å². The Bertz CT molecular complexity index is 316. The maximum atomic E-state index is 6.73. The summed E-state index contributed by atoms with van der Waals surface area (Å²) in [5.41, 5.74) is 0. The molecular weight excluding hydrogens is 377 g/mol. The van der Waals surface area contributed by atoms with Gasteiger partial charge in [-0.2, -0.15) is 0 Å². The lowest BCUT2D eigenvalue weighted by Gasteiger charge is -2.43. The van der Waals surface area contributed by atoms with Crippen molar-refractivity contribution in [1.82, 2.24) is 0 Å². The van der Waals surface area contributed by atoms with Crippen molar-refractivity contribution < 1.29 is 12.3 Å². The van der Waals surface area contributed by atoms with Crippen molar-refractivity contribution in [3.05, 3.63) is 0 Å². The first-order valence-electron chi connectivity index (χ1n) is 10.3. The molecule has 0 fully saturated rings. The average molecular weight is 423 g/mol. The van der Waals surface area contributed by atoms with E-state index in [2.05, 4.69) is 65.8 Å². The summed E-state index contributed by atoms with van der Waals surface area (Å²) in [5, 5.41) is 0. The fraction of sp³-hybridized carbons (Fsp3) is 1.00. The normalized spacial score (nSPS) is 14.2. The molecule has 0 rings (SSSR count). The molecule has 0 heterocycles. The summed E-state index contributed by atoms with van der Waals surface area (Å²) in [6.07, 6.45) is 9.21. The predicted octanol–water partition coefficient (Wildman–Crippen LogP) is 7.23. The van der Waals surface area contributed by atoms with Gasteiger partial charge in [-0.25, -0.2) is 0 Å². The van der Waals surface area contributed by atoms with Crippen LogP contribution in [0.4, 0.5) is 0 Å². The molecule has 0 aliphatic rings.